The number of nitrogens with one attached hydrogen (secondary N) is 2. The number of carbonyl (C=O) groups is 1. The number of anilines is 1. The molecule has 0 saturated carbocycles. The van der Waals surface area contributed by atoms with Gasteiger partial charge in [-0.1, -0.05) is 12.1 Å². The molecule has 4 rings (SSSR count). The van der Waals surface area contributed by atoms with Gasteiger partial charge in [0.2, 0.25) is 5.91 Å². The lowest BCUT2D eigenvalue weighted by atomic mass is 10.1. The van der Waals surface area contributed by atoms with Gasteiger partial charge >= 0.3 is 5.76 Å². The van der Waals surface area contributed by atoms with Gasteiger partial charge in [0, 0.05) is 30.8 Å². The molecular weight excluding hydrogens is 430 g/mol. The molecule has 2 aromatic carbocycles. The van der Waals surface area contributed by atoms with E-state index in [4.69, 9.17) is 4.42 Å². The largest absolute Gasteiger partial charge is 0.419 e. The lowest BCUT2D eigenvalue weighted by Crippen LogP contribution is -3.11. The van der Waals surface area contributed by atoms with Crippen LogP contribution in [0.25, 0.3) is 11.1 Å². The highest BCUT2D eigenvalue weighted by Gasteiger charge is 2.19. The van der Waals surface area contributed by atoms with Crippen LogP contribution >= 0.6 is 0 Å². The first-order valence-corrected chi connectivity index (χ1v) is 12.5. The van der Waals surface area contributed by atoms with Crippen LogP contribution in [0.4, 0.5) is 5.69 Å². The molecular formula is C23H28N3O5S+. The predicted octanol–water partition coefficient (Wildman–Crippen LogP) is 1.50. The van der Waals surface area contributed by atoms with Gasteiger partial charge in [-0.25, -0.2) is 13.2 Å². The van der Waals surface area contributed by atoms with E-state index < -0.39 is 15.6 Å². The molecule has 9 heteroatoms. The van der Waals surface area contributed by atoms with Crippen LogP contribution in [0.15, 0.2) is 56.6 Å². The van der Waals surface area contributed by atoms with Gasteiger partial charge in [-0.15, -0.1) is 0 Å². The normalized spacial score (nSPS) is 15.2. The van der Waals surface area contributed by atoms with E-state index in [0.29, 0.717) is 11.2 Å². The number of fused-ring (bicyclic) bond motifs is 1. The molecule has 3 aromatic rings. The number of benzene rings is 2. The summed E-state index contributed by atoms with van der Waals surface area (Å²) in [5, 5.41) is 2.76. The number of quaternary nitrogens is 1. The second kappa shape index (κ2) is 9.30. The molecule has 1 aliphatic rings. The summed E-state index contributed by atoms with van der Waals surface area (Å²) >= 11 is 0. The van der Waals surface area contributed by atoms with E-state index in [-0.39, 0.29) is 28.6 Å². The molecule has 0 unspecified atom stereocenters. The number of amides is 1. The summed E-state index contributed by atoms with van der Waals surface area (Å²) in [4.78, 5) is 25.5. The Morgan fingerprint density at radius 2 is 1.81 bits per heavy atom. The Labute approximate surface area is 186 Å². The van der Waals surface area contributed by atoms with Gasteiger partial charge < -0.3 is 14.6 Å². The van der Waals surface area contributed by atoms with Gasteiger partial charge in [0.05, 0.1) is 29.3 Å². The number of hydrogen-bond donors (Lipinski definition) is 2. The smallest absolute Gasteiger partial charge is 0.408 e. The van der Waals surface area contributed by atoms with Gasteiger partial charge in [0.15, 0.2) is 15.4 Å². The minimum absolute atomic E-state index is 0.0247. The van der Waals surface area contributed by atoms with Crippen molar-refractivity contribution in [3.05, 3.63) is 58.6 Å². The number of rotatable bonds is 7. The predicted molar refractivity (Wildman–Crippen MR) is 121 cm³/mol. The van der Waals surface area contributed by atoms with E-state index in [1.54, 1.807) is 11.9 Å². The first kappa shape index (κ1) is 22.3. The Balaban J connectivity index is 1.33. The van der Waals surface area contributed by atoms with E-state index in [9.17, 15) is 18.0 Å². The SMILES string of the molecule is Cn1c(=O)oc2cc(S(=O)(=O)CCC(=O)Nc3ccc(C[NH+]4CCCCC4)cc3)ccc21. The fourth-order valence-corrected chi connectivity index (χ4v) is 5.35. The minimum Gasteiger partial charge on any atom is -0.408 e. The maximum absolute atomic E-state index is 12.6. The number of likely N-dealkylation sites (tertiary alicyclic amines) is 1. The molecule has 0 aliphatic carbocycles. The first-order chi connectivity index (χ1) is 15.3. The summed E-state index contributed by atoms with van der Waals surface area (Å²) in [6.07, 6.45) is 3.71. The third-order valence-corrected chi connectivity index (χ3v) is 7.69. The molecule has 1 fully saturated rings. The van der Waals surface area contributed by atoms with Gasteiger partial charge in [-0.3, -0.25) is 9.36 Å². The van der Waals surface area contributed by atoms with Crippen LogP contribution in [-0.4, -0.2) is 37.7 Å². The number of carbonyl (C=O) groups excluding carboxylic acids is 1. The van der Waals surface area contributed by atoms with Gasteiger partial charge in [-0.2, -0.15) is 0 Å². The lowest BCUT2D eigenvalue weighted by molar-refractivity contribution is -0.918. The second-order valence-electron chi connectivity index (χ2n) is 8.36. The molecule has 32 heavy (non-hydrogen) atoms. The van der Waals surface area contributed by atoms with Crippen LogP contribution in [0.3, 0.4) is 0 Å². The molecule has 1 aliphatic heterocycles. The quantitative estimate of drug-likeness (QED) is 0.559. The van der Waals surface area contributed by atoms with Crippen molar-refractivity contribution in [2.45, 2.75) is 37.1 Å². The number of aromatic nitrogens is 1. The van der Waals surface area contributed by atoms with Crippen LogP contribution < -0.4 is 16.0 Å². The summed E-state index contributed by atoms with van der Waals surface area (Å²) in [6.45, 7) is 3.39. The van der Waals surface area contributed by atoms with Gasteiger partial charge in [0.1, 0.15) is 6.54 Å². The highest BCUT2D eigenvalue weighted by Crippen LogP contribution is 2.20. The Morgan fingerprint density at radius 1 is 1.09 bits per heavy atom. The van der Waals surface area contributed by atoms with Crippen LogP contribution in [0.1, 0.15) is 31.2 Å². The summed E-state index contributed by atoms with van der Waals surface area (Å²) in [6, 6.07) is 12.0. The number of piperidine rings is 1. The van der Waals surface area contributed by atoms with Crippen molar-refractivity contribution >= 4 is 32.5 Å². The van der Waals surface area contributed by atoms with Crippen molar-refractivity contribution in [3.63, 3.8) is 0 Å². The van der Waals surface area contributed by atoms with Crippen molar-refractivity contribution in [2.24, 2.45) is 7.05 Å². The Morgan fingerprint density at radius 3 is 2.53 bits per heavy atom. The number of aryl methyl sites for hydroxylation is 1. The van der Waals surface area contributed by atoms with Crippen molar-refractivity contribution in [3.8, 4) is 0 Å². The topological polar surface area (TPSA) is 103 Å². The average Bonchev–Trinajstić information content (AvgIpc) is 3.07. The standard InChI is InChI=1S/C23H27N3O5S/c1-25-20-10-9-19(15-21(20)31-23(25)28)32(29,30)14-11-22(27)24-18-7-5-17(6-8-18)16-26-12-3-2-4-13-26/h5-10,15H,2-4,11-14,16H2,1H3,(H,24,27)/p+1. The fraction of sp³-hybridized carbons (Fsp3) is 0.391. The zero-order chi connectivity index (χ0) is 22.7. The van der Waals surface area contributed by atoms with Crippen molar-refractivity contribution < 1.29 is 22.5 Å². The second-order valence-corrected chi connectivity index (χ2v) is 10.5. The molecule has 2 heterocycles. The van der Waals surface area contributed by atoms with Crippen LogP contribution in [-0.2, 0) is 28.2 Å². The molecule has 8 nitrogen and oxygen atoms in total. The highest BCUT2D eigenvalue weighted by atomic mass is 32.2. The van der Waals surface area contributed by atoms with E-state index in [1.165, 1.54) is 60.7 Å². The molecule has 0 atom stereocenters. The number of sulfone groups is 1. The number of nitrogens with zero attached hydrogens (tertiary/aromatic N) is 1. The average molecular weight is 459 g/mol. The summed E-state index contributed by atoms with van der Waals surface area (Å²) < 4.78 is 31.7. The maximum Gasteiger partial charge on any atom is 0.419 e. The number of hydrogen-bond acceptors (Lipinski definition) is 5. The highest BCUT2D eigenvalue weighted by molar-refractivity contribution is 7.91. The Kier molecular flexibility index (Phi) is 6.48. The lowest BCUT2D eigenvalue weighted by Gasteiger charge is -2.23. The van der Waals surface area contributed by atoms with E-state index in [2.05, 4.69) is 5.32 Å². The molecule has 170 valence electrons. The fourth-order valence-electron chi connectivity index (χ4n) is 4.10. The van der Waals surface area contributed by atoms with Crippen LogP contribution in [0.5, 0.6) is 0 Å². The maximum atomic E-state index is 12.6. The summed E-state index contributed by atoms with van der Waals surface area (Å²) in [7, 11) is -2.15. The molecule has 0 radical (unpaired) electrons. The third-order valence-electron chi connectivity index (χ3n) is 5.97. The Bertz CT molecular complexity index is 1270. The molecule has 1 amide bonds. The van der Waals surface area contributed by atoms with Crippen LogP contribution in [0, 0.1) is 0 Å². The zero-order valence-electron chi connectivity index (χ0n) is 18.1. The van der Waals surface area contributed by atoms with Gasteiger partial charge in [-0.05, 0) is 43.5 Å². The zero-order valence-corrected chi connectivity index (χ0v) is 18.9. The minimum atomic E-state index is -3.70. The van der Waals surface area contributed by atoms with Gasteiger partial charge in [0.25, 0.3) is 0 Å². The Hall–Kier alpha value is -2.91. The molecule has 0 spiro atoms. The summed E-state index contributed by atoms with van der Waals surface area (Å²) in [5.41, 5.74) is 2.59. The molecule has 2 N–H and O–H groups in total. The third kappa shape index (κ3) is 5.11. The number of oxazole rings is 1. The molecule has 1 aromatic heterocycles. The van der Waals surface area contributed by atoms with E-state index in [0.717, 1.165) is 6.54 Å². The van der Waals surface area contributed by atoms with Crippen molar-refractivity contribution in [2.75, 3.05) is 24.2 Å². The summed E-state index contributed by atoms with van der Waals surface area (Å²) in [5.74, 6) is -1.26. The molecule has 1 saturated heterocycles. The molecule has 0 bridgehead atoms. The first-order valence-electron chi connectivity index (χ1n) is 10.9. The van der Waals surface area contributed by atoms with E-state index >= 15 is 0 Å². The monoisotopic (exact) mass is 458 g/mol. The van der Waals surface area contributed by atoms with Crippen molar-refractivity contribution in [1.29, 1.82) is 0 Å². The van der Waals surface area contributed by atoms with Crippen molar-refractivity contribution in [1.82, 2.24) is 4.57 Å². The van der Waals surface area contributed by atoms with E-state index in [1.807, 2.05) is 24.3 Å². The van der Waals surface area contributed by atoms with Crippen LogP contribution in [0.2, 0.25) is 0 Å².